The van der Waals surface area contributed by atoms with Gasteiger partial charge in [-0.25, -0.2) is 14.4 Å². The monoisotopic (exact) mass is 1200 g/mol. The van der Waals surface area contributed by atoms with Gasteiger partial charge in [0.05, 0.1) is 75.2 Å². The second-order valence-corrected chi connectivity index (χ2v) is 27.2. The van der Waals surface area contributed by atoms with Crippen molar-refractivity contribution in [1.82, 2.24) is 20.4 Å². The van der Waals surface area contributed by atoms with E-state index in [1.54, 1.807) is 43.0 Å². The molecule has 7 amide bonds. The van der Waals surface area contributed by atoms with Crippen LogP contribution in [0.1, 0.15) is 87.1 Å². The number of carbonyl (C=O) groups is 7. The predicted molar refractivity (Wildman–Crippen MR) is 324 cm³/mol. The van der Waals surface area contributed by atoms with Gasteiger partial charge in [-0.1, -0.05) is 96.4 Å². The molecule has 3 aromatic carbocycles. The largest absolute Gasteiger partial charge is 0.493 e. The maximum absolute atomic E-state index is 14.8. The quantitative estimate of drug-likeness (QED) is 0.0171. The van der Waals surface area contributed by atoms with E-state index in [0.29, 0.717) is 24.1 Å². The van der Waals surface area contributed by atoms with E-state index in [2.05, 4.69) is 86.8 Å². The number of hydrogen-bond acceptors (Lipinski definition) is 16. The minimum atomic E-state index is -2.22. The highest BCUT2D eigenvalue weighted by Crippen LogP contribution is 2.40. The topological polar surface area (TPSA) is 280 Å². The molecule has 24 heteroatoms. The van der Waals surface area contributed by atoms with Crippen LogP contribution in [0.25, 0.3) is 0 Å². The van der Waals surface area contributed by atoms with E-state index < -0.39 is 68.4 Å². The van der Waals surface area contributed by atoms with Crippen molar-refractivity contribution in [2.75, 3.05) is 82.9 Å². The van der Waals surface area contributed by atoms with E-state index in [-0.39, 0.29) is 128 Å². The number of hydrogen-bond donors (Lipinski definition) is 6. The Morgan fingerprint density at radius 2 is 1.18 bits per heavy atom. The molecule has 5 rings (SSSR count). The molecule has 2 fully saturated rings. The highest BCUT2D eigenvalue weighted by molar-refractivity contribution is 6.74. The third-order valence-electron chi connectivity index (χ3n) is 14.5. The summed E-state index contributed by atoms with van der Waals surface area (Å²) in [4.78, 5) is 96.7. The molecule has 0 aromatic heterocycles. The Morgan fingerprint density at radius 1 is 0.682 bits per heavy atom. The average molecular weight is 1200 g/mol. The molecule has 2 heterocycles. The molecule has 85 heavy (non-hydrogen) atoms. The fourth-order valence-corrected chi connectivity index (χ4v) is 9.78. The first-order valence-corrected chi connectivity index (χ1v) is 30.8. The van der Waals surface area contributed by atoms with Crippen LogP contribution < -0.4 is 45.5 Å². The van der Waals surface area contributed by atoms with Crippen molar-refractivity contribution < 1.29 is 76.3 Å². The summed E-state index contributed by atoms with van der Waals surface area (Å²) in [6.45, 7) is 31.1. The van der Waals surface area contributed by atoms with Crippen molar-refractivity contribution in [3.05, 3.63) is 115 Å². The molecule has 0 spiro atoms. The lowest BCUT2D eigenvalue weighted by Crippen LogP contribution is -2.53. The van der Waals surface area contributed by atoms with Crippen LogP contribution in [0.3, 0.4) is 0 Å². The summed E-state index contributed by atoms with van der Waals surface area (Å²) >= 11 is 0. The van der Waals surface area contributed by atoms with Crippen LogP contribution in [-0.2, 0) is 34.8 Å². The Bertz CT molecular complexity index is 2940. The number of nitrogens with one attached hydrogen (secondary N) is 5. The number of alkyl carbamates (subject to hydrolysis) is 1. The van der Waals surface area contributed by atoms with Gasteiger partial charge in [0, 0.05) is 37.3 Å². The Labute approximate surface area is 498 Å². The van der Waals surface area contributed by atoms with Crippen LogP contribution in [0.2, 0.25) is 18.1 Å². The molecule has 462 valence electrons. The van der Waals surface area contributed by atoms with E-state index in [1.165, 1.54) is 62.5 Å². The summed E-state index contributed by atoms with van der Waals surface area (Å²) in [6, 6.07) is 9.48. The molecule has 2 aliphatic heterocycles. The summed E-state index contributed by atoms with van der Waals surface area (Å²) in [6.07, 6.45) is 1.43. The lowest BCUT2D eigenvalue weighted by atomic mass is 10.0. The van der Waals surface area contributed by atoms with Crippen LogP contribution in [0.5, 0.6) is 23.0 Å². The summed E-state index contributed by atoms with van der Waals surface area (Å²) in [5.74, 6) is -1.62. The zero-order valence-electron chi connectivity index (χ0n) is 50.4. The number of carbonyl (C=O) groups excluding carboxylic acids is 7. The van der Waals surface area contributed by atoms with E-state index in [0.717, 1.165) is 11.1 Å². The number of anilines is 3. The highest BCUT2D eigenvalue weighted by atomic mass is 28.4. The van der Waals surface area contributed by atoms with Crippen molar-refractivity contribution in [2.45, 2.75) is 110 Å². The van der Waals surface area contributed by atoms with Crippen LogP contribution in [-0.4, -0.2) is 156 Å². The normalized spacial score (nSPS) is 15.7. The second-order valence-electron chi connectivity index (χ2n) is 22.4. The van der Waals surface area contributed by atoms with Gasteiger partial charge in [0.1, 0.15) is 31.9 Å². The fourth-order valence-electron chi connectivity index (χ4n) is 8.74. The van der Waals surface area contributed by atoms with E-state index in [1.807, 2.05) is 0 Å². The number of benzene rings is 3. The Balaban J connectivity index is 1.32. The molecule has 0 radical (unpaired) electrons. The number of aliphatic hydroxyl groups is 1. The smallest absolute Gasteiger partial charge is 0.411 e. The third kappa shape index (κ3) is 18.8. The molecule has 4 atom stereocenters. The van der Waals surface area contributed by atoms with Gasteiger partial charge >= 0.3 is 18.3 Å². The van der Waals surface area contributed by atoms with Gasteiger partial charge in [0.2, 0.25) is 11.8 Å². The number of amides is 7. The third-order valence-corrected chi connectivity index (χ3v) is 19.0. The van der Waals surface area contributed by atoms with Crippen molar-refractivity contribution in [3.63, 3.8) is 0 Å². The zero-order chi connectivity index (χ0) is 62.8. The van der Waals surface area contributed by atoms with Gasteiger partial charge in [-0.2, -0.15) is 0 Å². The average Bonchev–Trinajstić information content (AvgIpc) is 2.83. The number of methoxy groups -OCH3 is 2. The van der Waals surface area contributed by atoms with E-state index >= 15 is 0 Å². The van der Waals surface area contributed by atoms with Crippen molar-refractivity contribution in [2.24, 2.45) is 5.92 Å². The Morgan fingerprint density at radius 3 is 1.66 bits per heavy atom. The van der Waals surface area contributed by atoms with Gasteiger partial charge in [-0.15, -0.1) is 0 Å². The molecule has 2 aliphatic rings. The molecule has 1 unspecified atom stereocenters. The SMILES string of the molecule is C=CCOC(=O)Nc1cc(OCCCOc2cc(NC(=O)OCc3ccc(NC(=O)C(C)NC(=O)[C@@H](NC(=O)OCC=C)C(C)C)cc3)c(C(=O)N3CC(=C)C[C@H]3CO[Si](C)(C)C(C)(C)C)cc2OC)c(OC)cc1C(=O)N1CC(=C)C[C@H]1CO. The minimum absolute atomic E-state index is 0.0282. The second kappa shape index (κ2) is 31.0. The van der Waals surface area contributed by atoms with E-state index in [4.69, 9.17) is 37.6 Å². The Hall–Kier alpha value is -8.35. The van der Waals surface area contributed by atoms with Crippen LogP contribution in [0.4, 0.5) is 31.4 Å². The van der Waals surface area contributed by atoms with Crippen molar-refractivity contribution >= 4 is 67.3 Å². The molecule has 23 nitrogen and oxygen atoms in total. The minimum Gasteiger partial charge on any atom is -0.493 e. The number of likely N-dealkylation sites (tertiary alicyclic amines) is 2. The number of aliphatic hydroxyl groups excluding tert-OH is 1. The molecular weight excluding hydrogens is 1110 g/mol. The summed E-state index contributed by atoms with van der Waals surface area (Å²) in [7, 11) is 0.595. The van der Waals surface area contributed by atoms with Crippen molar-refractivity contribution in [1.29, 1.82) is 0 Å². The lowest BCUT2D eigenvalue weighted by Gasteiger charge is -2.38. The first kappa shape index (κ1) is 67.4. The van der Waals surface area contributed by atoms with Crippen LogP contribution in [0, 0.1) is 5.92 Å². The van der Waals surface area contributed by atoms with Crippen LogP contribution in [0.15, 0.2) is 98.1 Å². The van der Waals surface area contributed by atoms with Gasteiger partial charge in [-0.05, 0) is 73.6 Å². The fraction of sp³-hybridized carbons (Fsp3) is 0.459. The first-order chi connectivity index (χ1) is 40.2. The van der Waals surface area contributed by atoms with Crippen LogP contribution >= 0.6 is 0 Å². The number of ether oxygens (including phenoxy) is 7. The van der Waals surface area contributed by atoms with Gasteiger partial charge in [0.25, 0.3) is 11.8 Å². The number of nitrogens with zero attached hydrogens (tertiary/aromatic N) is 2. The highest BCUT2D eigenvalue weighted by Gasteiger charge is 2.41. The Kier molecular flexibility index (Phi) is 24.6. The molecular formula is C61H83N7O16Si. The summed E-state index contributed by atoms with van der Waals surface area (Å²) in [5.41, 5.74) is 2.81. The lowest BCUT2D eigenvalue weighted by molar-refractivity contribution is -0.128. The summed E-state index contributed by atoms with van der Waals surface area (Å²) < 4.78 is 46.1. The molecule has 3 aromatic rings. The van der Waals surface area contributed by atoms with Gasteiger partial charge in [-0.3, -0.25) is 29.8 Å². The molecule has 0 aliphatic carbocycles. The predicted octanol–water partition coefficient (Wildman–Crippen LogP) is 8.97. The van der Waals surface area contributed by atoms with Gasteiger partial charge in [0.15, 0.2) is 31.3 Å². The van der Waals surface area contributed by atoms with Crippen molar-refractivity contribution in [3.8, 4) is 23.0 Å². The summed E-state index contributed by atoms with van der Waals surface area (Å²) in [5, 5.41) is 23.2. The maximum Gasteiger partial charge on any atom is 0.411 e. The molecule has 6 N–H and O–H groups in total. The van der Waals surface area contributed by atoms with E-state index in [9.17, 15) is 38.7 Å². The first-order valence-electron chi connectivity index (χ1n) is 27.9. The maximum atomic E-state index is 14.8. The zero-order valence-corrected chi connectivity index (χ0v) is 51.4. The molecule has 2 saturated heterocycles. The van der Waals surface area contributed by atoms with Gasteiger partial charge < -0.3 is 68.4 Å². The molecule has 0 saturated carbocycles. The number of rotatable bonds is 28. The standard InChI is InChI=1S/C61H83N7O16Si/c1-15-22-81-58(74)64-47-30-51(49(77-11)28-45(47)56(72)67-32-38(5)26-43(67)34-69)79-24-17-25-80-52-31-48(46(29-50(52)78-12)57(73)68-33-39(6)27-44(68)36-84-85(13,14)61(8,9)10)65-59(75)83-35-41-18-20-42(21-19-41)63-54(70)40(7)62-55(71)53(37(3)4)66-60(76)82-23-16-2/h15-16,18-21,28-31,37,40,43-44,53,69H,1-2,5-6,17,22-27,32-36H2,3-4,7-14H3,(H,62,71)(H,63,70)(H,64,74)(H,65,75)(H,66,76)/t40?,43-,44-,53-/m0/s1. The molecule has 0 bridgehead atoms.